The number of nitrogens with one attached hydrogen (secondary N) is 1. The standard InChI is InChI=1S/C15H17BrN2O2S/c16-9-4-5-12-10(6-9)13(17)14(21-12)15(20)18-11-3-1-2-8(11)7-19/h4-6,8,11,19H,1-3,7,17H2,(H,18,20). The molecule has 1 aliphatic carbocycles. The number of nitrogen functional groups attached to an aromatic ring is 1. The van der Waals surface area contributed by atoms with E-state index in [4.69, 9.17) is 5.73 Å². The predicted molar refractivity (Wildman–Crippen MR) is 89.6 cm³/mol. The van der Waals surface area contributed by atoms with E-state index < -0.39 is 0 Å². The molecule has 2 aromatic rings. The highest BCUT2D eigenvalue weighted by Gasteiger charge is 2.29. The zero-order chi connectivity index (χ0) is 15.0. The van der Waals surface area contributed by atoms with Gasteiger partial charge in [0.15, 0.2) is 0 Å². The van der Waals surface area contributed by atoms with Gasteiger partial charge in [-0.2, -0.15) is 0 Å². The first-order valence-electron chi connectivity index (χ1n) is 6.99. The molecule has 1 saturated carbocycles. The molecule has 1 heterocycles. The average Bonchev–Trinajstić information content (AvgIpc) is 3.04. The van der Waals surface area contributed by atoms with Crippen molar-refractivity contribution in [3.63, 3.8) is 0 Å². The number of carbonyl (C=O) groups excluding carboxylic acids is 1. The van der Waals surface area contributed by atoms with E-state index in [0.717, 1.165) is 33.8 Å². The van der Waals surface area contributed by atoms with E-state index in [0.29, 0.717) is 10.6 Å². The third-order valence-electron chi connectivity index (χ3n) is 4.10. The number of hydrogen-bond acceptors (Lipinski definition) is 4. The van der Waals surface area contributed by atoms with Crippen LogP contribution < -0.4 is 11.1 Å². The lowest BCUT2D eigenvalue weighted by Crippen LogP contribution is -2.38. The Morgan fingerprint density at radius 1 is 1.48 bits per heavy atom. The van der Waals surface area contributed by atoms with Crippen molar-refractivity contribution in [1.82, 2.24) is 5.32 Å². The summed E-state index contributed by atoms with van der Waals surface area (Å²) >= 11 is 4.83. The first kappa shape index (κ1) is 14.8. The minimum atomic E-state index is -0.129. The van der Waals surface area contributed by atoms with Crippen LogP contribution in [-0.4, -0.2) is 23.7 Å². The maximum absolute atomic E-state index is 12.5. The number of halogens is 1. The Morgan fingerprint density at radius 3 is 3.05 bits per heavy atom. The minimum Gasteiger partial charge on any atom is -0.397 e. The lowest BCUT2D eigenvalue weighted by atomic mass is 10.1. The summed E-state index contributed by atoms with van der Waals surface area (Å²) < 4.78 is 1.95. The van der Waals surface area contributed by atoms with Crippen molar-refractivity contribution in [1.29, 1.82) is 0 Å². The quantitative estimate of drug-likeness (QED) is 0.778. The molecule has 1 aliphatic rings. The SMILES string of the molecule is Nc1c(C(=O)NC2CCCC2CO)sc2ccc(Br)cc12. The smallest absolute Gasteiger partial charge is 0.263 e. The summed E-state index contributed by atoms with van der Waals surface area (Å²) in [6, 6.07) is 5.89. The lowest BCUT2D eigenvalue weighted by Gasteiger charge is -2.18. The molecule has 21 heavy (non-hydrogen) atoms. The summed E-state index contributed by atoms with van der Waals surface area (Å²) in [7, 11) is 0. The van der Waals surface area contributed by atoms with E-state index in [2.05, 4.69) is 21.2 Å². The Morgan fingerprint density at radius 2 is 2.29 bits per heavy atom. The topological polar surface area (TPSA) is 75.4 Å². The molecular formula is C15H17BrN2O2S. The van der Waals surface area contributed by atoms with Crippen LogP contribution >= 0.6 is 27.3 Å². The maximum atomic E-state index is 12.5. The van der Waals surface area contributed by atoms with Gasteiger partial charge in [0.2, 0.25) is 0 Å². The van der Waals surface area contributed by atoms with Crippen molar-refractivity contribution in [2.24, 2.45) is 5.92 Å². The van der Waals surface area contributed by atoms with E-state index in [1.165, 1.54) is 11.3 Å². The Balaban J connectivity index is 1.86. The second-order valence-corrected chi connectivity index (χ2v) is 7.41. The summed E-state index contributed by atoms with van der Waals surface area (Å²) in [6.07, 6.45) is 2.94. The van der Waals surface area contributed by atoms with Gasteiger partial charge < -0.3 is 16.2 Å². The number of thiophene rings is 1. The van der Waals surface area contributed by atoms with Crippen LogP contribution in [0.1, 0.15) is 28.9 Å². The van der Waals surface area contributed by atoms with Gasteiger partial charge in [0, 0.05) is 33.1 Å². The largest absolute Gasteiger partial charge is 0.397 e. The molecule has 2 atom stereocenters. The van der Waals surface area contributed by atoms with Gasteiger partial charge in [-0.3, -0.25) is 4.79 Å². The Kier molecular flexibility index (Phi) is 4.19. The monoisotopic (exact) mass is 368 g/mol. The fraction of sp³-hybridized carbons (Fsp3) is 0.400. The van der Waals surface area contributed by atoms with Gasteiger partial charge in [0.25, 0.3) is 5.91 Å². The number of aliphatic hydroxyl groups is 1. The molecule has 1 fully saturated rings. The van der Waals surface area contributed by atoms with Gasteiger partial charge in [0.05, 0.1) is 5.69 Å². The normalized spacial score (nSPS) is 21.8. The minimum absolute atomic E-state index is 0.0545. The number of amides is 1. The molecule has 0 aliphatic heterocycles. The number of fused-ring (bicyclic) bond motifs is 1. The Labute approximate surface area is 135 Å². The summed E-state index contributed by atoms with van der Waals surface area (Å²) in [4.78, 5) is 13.0. The van der Waals surface area contributed by atoms with Crippen molar-refractivity contribution in [3.05, 3.63) is 27.5 Å². The molecule has 112 valence electrons. The molecule has 0 bridgehead atoms. The van der Waals surface area contributed by atoms with Crippen molar-refractivity contribution in [3.8, 4) is 0 Å². The van der Waals surface area contributed by atoms with Crippen LogP contribution in [0.3, 0.4) is 0 Å². The van der Waals surface area contributed by atoms with Crippen LogP contribution in [0, 0.1) is 5.92 Å². The van der Waals surface area contributed by atoms with E-state index >= 15 is 0 Å². The summed E-state index contributed by atoms with van der Waals surface area (Å²) in [5.74, 6) is 0.0360. The van der Waals surface area contributed by atoms with Crippen molar-refractivity contribution in [2.75, 3.05) is 12.3 Å². The number of hydrogen-bond donors (Lipinski definition) is 3. The first-order valence-corrected chi connectivity index (χ1v) is 8.60. The fourth-order valence-electron chi connectivity index (χ4n) is 2.94. The van der Waals surface area contributed by atoms with Crippen LogP contribution in [0.2, 0.25) is 0 Å². The molecule has 6 heteroatoms. The van der Waals surface area contributed by atoms with E-state index in [9.17, 15) is 9.90 Å². The first-order chi connectivity index (χ1) is 10.1. The molecule has 4 nitrogen and oxygen atoms in total. The summed E-state index contributed by atoms with van der Waals surface area (Å²) in [5, 5.41) is 13.3. The van der Waals surface area contributed by atoms with Crippen LogP contribution in [-0.2, 0) is 0 Å². The van der Waals surface area contributed by atoms with Gasteiger partial charge in [0.1, 0.15) is 4.88 Å². The second kappa shape index (κ2) is 5.94. The highest BCUT2D eigenvalue weighted by molar-refractivity contribution is 9.10. The van der Waals surface area contributed by atoms with Crippen molar-refractivity contribution < 1.29 is 9.90 Å². The van der Waals surface area contributed by atoms with Gasteiger partial charge in [-0.1, -0.05) is 22.4 Å². The van der Waals surface area contributed by atoms with Crippen LogP contribution in [0.15, 0.2) is 22.7 Å². The number of rotatable bonds is 3. The van der Waals surface area contributed by atoms with Crippen LogP contribution in [0.25, 0.3) is 10.1 Å². The van der Waals surface area contributed by atoms with Gasteiger partial charge in [-0.15, -0.1) is 11.3 Å². The predicted octanol–water partition coefficient (Wildman–Crippen LogP) is 3.14. The molecule has 2 unspecified atom stereocenters. The summed E-state index contributed by atoms with van der Waals surface area (Å²) in [5.41, 5.74) is 6.66. The van der Waals surface area contributed by atoms with Crippen LogP contribution in [0.4, 0.5) is 5.69 Å². The lowest BCUT2D eigenvalue weighted by molar-refractivity contribution is 0.0921. The third kappa shape index (κ3) is 2.80. The van der Waals surface area contributed by atoms with Gasteiger partial charge in [-0.05, 0) is 31.0 Å². The number of carbonyl (C=O) groups is 1. The highest BCUT2D eigenvalue weighted by atomic mass is 79.9. The number of benzene rings is 1. The molecule has 1 aromatic carbocycles. The van der Waals surface area contributed by atoms with Crippen LogP contribution in [0.5, 0.6) is 0 Å². The van der Waals surface area contributed by atoms with E-state index in [1.807, 2.05) is 18.2 Å². The van der Waals surface area contributed by atoms with Crippen molar-refractivity contribution in [2.45, 2.75) is 25.3 Å². The molecular weight excluding hydrogens is 352 g/mol. The zero-order valence-corrected chi connectivity index (χ0v) is 13.8. The number of anilines is 1. The fourth-order valence-corrected chi connectivity index (χ4v) is 4.30. The molecule has 0 spiro atoms. The Hall–Kier alpha value is -1.11. The summed E-state index contributed by atoms with van der Waals surface area (Å²) in [6.45, 7) is 0.125. The number of aliphatic hydroxyl groups excluding tert-OH is 1. The molecule has 1 amide bonds. The van der Waals surface area contributed by atoms with Gasteiger partial charge in [-0.25, -0.2) is 0 Å². The third-order valence-corrected chi connectivity index (χ3v) is 5.78. The Bertz CT molecular complexity index is 686. The number of nitrogens with two attached hydrogens (primary N) is 1. The van der Waals surface area contributed by atoms with Crippen molar-refractivity contribution >= 4 is 48.9 Å². The molecule has 0 radical (unpaired) electrons. The maximum Gasteiger partial charge on any atom is 0.263 e. The molecule has 0 saturated heterocycles. The zero-order valence-electron chi connectivity index (χ0n) is 11.4. The van der Waals surface area contributed by atoms with E-state index in [-0.39, 0.29) is 24.5 Å². The second-order valence-electron chi connectivity index (χ2n) is 5.44. The average molecular weight is 369 g/mol. The molecule has 3 rings (SSSR count). The highest BCUT2D eigenvalue weighted by Crippen LogP contribution is 2.35. The van der Waals surface area contributed by atoms with E-state index in [1.54, 1.807) is 0 Å². The molecule has 4 N–H and O–H groups in total. The molecule has 1 aromatic heterocycles. The van der Waals surface area contributed by atoms with Gasteiger partial charge >= 0.3 is 0 Å².